The second kappa shape index (κ2) is 3.67. The monoisotopic (exact) mass is 520 g/mol. The van der Waals surface area contributed by atoms with Crippen LogP contribution in [0, 0.1) is 0 Å². The van der Waals surface area contributed by atoms with Crippen LogP contribution in [0.25, 0.3) is 0 Å². The van der Waals surface area contributed by atoms with Gasteiger partial charge in [0.25, 0.3) is 0 Å². The van der Waals surface area contributed by atoms with Crippen molar-refractivity contribution in [2.45, 2.75) is 14.0 Å². The molecule has 0 aromatic carbocycles. The van der Waals surface area contributed by atoms with Gasteiger partial charge in [0.05, 0.1) is 3.58 Å². The van der Waals surface area contributed by atoms with Crippen molar-refractivity contribution in [1.82, 2.24) is 0 Å². The number of halogens is 3. The number of alkyl halides is 2. The van der Waals surface area contributed by atoms with E-state index in [0.717, 1.165) is 0 Å². The van der Waals surface area contributed by atoms with Gasteiger partial charge in [-0.3, -0.25) is 0 Å². The normalized spacial score (nSPS) is 40.5. The average Bonchev–Trinajstić information content (AvgIpc) is 2.00. The van der Waals surface area contributed by atoms with Gasteiger partial charge in [0, 0.05) is 6.08 Å². The van der Waals surface area contributed by atoms with E-state index >= 15 is 0 Å². The summed E-state index contributed by atoms with van der Waals surface area (Å²) >= 11 is 5.64. The van der Waals surface area contributed by atoms with Crippen molar-refractivity contribution in [1.29, 1.82) is 0 Å². The quantitative estimate of drug-likeness (QED) is 0.341. The van der Waals surface area contributed by atoms with E-state index in [9.17, 15) is 15.3 Å². The fraction of sp³-hybridized carbons (Fsp3) is 0.429. The standard InChI is InChI=1S/C7H7I3O3/c1-6(9)4(12)2-3(11)5(8)7(6,10)13/h2,11-13H,1H3. The molecule has 13 heavy (non-hydrogen) atoms. The second-order valence-corrected chi connectivity index (χ2v) is 7.65. The average molecular weight is 520 g/mol. The molecule has 0 aliphatic heterocycles. The Bertz CT molecular complexity index is 304. The van der Waals surface area contributed by atoms with Crippen molar-refractivity contribution in [3.63, 3.8) is 0 Å². The first-order valence-corrected chi connectivity index (χ1v) is 6.55. The van der Waals surface area contributed by atoms with Gasteiger partial charge in [-0.2, -0.15) is 0 Å². The molecule has 0 saturated carbocycles. The fourth-order valence-electron chi connectivity index (χ4n) is 0.874. The Hall–Kier alpha value is 1.23. The fourth-order valence-corrected chi connectivity index (χ4v) is 3.06. The summed E-state index contributed by atoms with van der Waals surface area (Å²) in [5.74, 6) is -0.105. The minimum atomic E-state index is -1.27. The van der Waals surface area contributed by atoms with Crippen LogP contribution in [0.15, 0.2) is 21.2 Å². The summed E-state index contributed by atoms with van der Waals surface area (Å²) in [5, 5.41) is 29.0. The molecule has 0 aromatic heterocycles. The van der Waals surface area contributed by atoms with Gasteiger partial charge in [-0.15, -0.1) is 0 Å². The Morgan fingerprint density at radius 3 is 2.23 bits per heavy atom. The van der Waals surface area contributed by atoms with E-state index in [1.807, 2.05) is 67.8 Å². The maximum Gasteiger partial charge on any atom is 0.171 e. The van der Waals surface area contributed by atoms with Crippen LogP contribution in [-0.4, -0.2) is 22.3 Å². The van der Waals surface area contributed by atoms with Gasteiger partial charge >= 0.3 is 0 Å². The highest BCUT2D eigenvalue weighted by Gasteiger charge is 2.52. The molecule has 3 N–H and O–H groups in total. The molecule has 0 spiro atoms. The Morgan fingerprint density at radius 1 is 1.31 bits per heavy atom. The smallest absolute Gasteiger partial charge is 0.171 e. The molecule has 2 unspecified atom stereocenters. The predicted octanol–water partition coefficient (Wildman–Crippen LogP) is 2.96. The molecule has 0 aromatic rings. The molecular weight excluding hydrogens is 513 g/mol. The van der Waals surface area contributed by atoms with Gasteiger partial charge in [0.1, 0.15) is 14.9 Å². The third-order valence-corrected chi connectivity index (χ3v) is 8.24. The lowest BCUT2D eigenvalue weighted by molar-refractivity contribution is 0.150. The number of hydrogen-bond donors (Lipinski definition) is 3. The number of aliphatic hydroxyl groups is 3. The summed E-state index contributed by atoms with van der Waals surface area (Å²) in [6.45, 7) is 1.71. The minimum absolute atomic E-state index is 0.0251. The van der Waals surface area contributed by atoms with Crippen LogP contribution in [0.1, 0.15) is 6.92 Å². The van der Waals surface area contributed by atoms with Crippen molar-refractivity contribution in [3.8, 4) is 0 Å². The number of aliphatic hydroxyl groups excluding tert-OH is 2. The zero-order chi connectivity index (χ0) is 10.4. The van der Waals surface area contributed by atoms with Crippen molar-refractivity contribution in [3.05, 3.63) is 21.2 Å². The van der Waals surface area contributed by atoms with E-state index < -0.39 is 7.03 Å². The van der Waals surface area contributed by atoms with E-state index in [2.05, 4.69) is 0 Å². The Kier molecular flexibility index (Phi) is 3.47. The van der Waals surface area contributed by atoms with E-state index in [1.54, 1.807) is 6.92 Å². The molecule has 2 atom stereocenters. The first kappa shape index (κ1) is 12.3. The molecule has 74 valence electrons. The van der Waals surface area contributed by atoms with Crippen LogP contribution in [0.5, 0.6) is 0 Å². The molecule has 0 radical (unpaired) electrons. The molecular formula is C7H7I3O3. The van der Waals surface area contributed by atoms with Crippen LogP contribution in [-0.2, 0) is 0 Å². The van der Waals surface area contributed by atoms with Crippen LogP contribution in [0.3, 0.4) is 0 Å². The summed E-state index contributed by atoms with van der Waals surface area (Å²) in [5.41, 5.74) is 0. The van der Waals surface area contributed by atoms with E-state index in [-0.39, 0.29) is 11.5 Å². The molecule has 0 saturated heterocycles. The van der Waals surface area contributed by atoms with Crippen molar-refractivity contribution >= 4 is 67.8 Å². The number of allylic oxidation sites excluding steroid dienone is 1. The summed E-state index contributed by atoms with van der Waals surface area (Å²) in [6, 6.07) is 0. The largest absolute Gasteiger partial charge is 0.511 e. The maximum atomic E-state index is 10.1. The lowest BCUT2D eigenvalue weighted by atomic mass is 9.97. The third kappa shape index (κ3) is 1.83. The van der Waals surface area contributed by atoms with Crippen LogP contribution >= 0.6 is 67.8 Å². The van der Waals surface area contributed by atoms with Gasteiger partial charge in [-0.25, -0.2) is 0 Å². The van der Waals surface area contributed by atoms with E-state index in [0.29, 0.717) is 3.58 Å². The van der Waals surface area contributed by atoms with Gasteiger partial charge in [-0.1, -0.05) is 22.6 Å². The van der Waals surface area contributed by atoms with Crippen molar-refractivity contribution in [2.75, 3.05) is 0 Å². The molecule has 1 rings (SSSR count). The molecule has 0 amide bonds. The highest BCUT2D eigenvalue weighted by molar-refractivity contribution is 14.1. The predicted molar refractivity (Wildman–Crippen MR) is 75.8 cm³/mol. The van der Waals surface area contributed by atoms with Gasteiger partial charge in [0.2, 0.25) is 0 Å². The van der Waals surface area contributed by atoms with E-state index in [4.69, 9.17) is 0 Å². The van der Waals surface area contributed by atoms with Gasteiger partial charge in [0.15, 0.2) is 3.61 Å². The SMILES string of the molecule is CC1(I)C(O)=CC(O)=C(I)C1(O)I. The third-order valence-electron chi connectivity index (χ3n) is 1.89. The summed E-state index contributed by atoms with van der Waals surface area (Å²) in [6.07, 6.45) is 1.27. The second-order valence-electron chi connectivity index (χ2n) is 2.85. The highest BCUT2D eigenvalue weighted by Crippen LogP contribution is 2.51. The Labute approximate surface area is 117 Å². The highest BCUT2D eigenvalue weighted by atomic mass is 127. The Morgan fingerprint density at radius 2 is 1.77 bits per heavy atom. The molecule has 3 nitrogen and oxygen atoms in total. The number of rotatable bonds is 0. The van der Waals surface area contributed by atoms with Gasteiger partial charge in [-0.05, 0) is 52.1 Å². The topological polar surface area (TPSA) is 60.7 Å². The maximum absolute atomic E-state index is 10.1. The van der Waals surface area contributed by atoms with Crippen LogP contribution < -0.4 is 0 Å². The molecule has 1 aliphatic rings. The molecule has 1 aliphatic carbocycles. The zero-order valence-electron chi connectivity index (χ0n) is 6.55. The first-order chi connectivity index (χ1) is 5.71. The minimum Gasteiger partial charge on any atom is -0.511 e. The lowest BCUT2D eigenvalue weighted by Crippen LogP contribution is -2.46. The van der Waals surface area contributed by atoms with E-state index in [1.165, 1.54) is 6.08 Å². The van der Waals surface area contributed by atoms with Crippen LogP contribution in [0.4, 0.5) is 0 Å². The molecule has 0 fully saturated rings. The summed E-state index contributed by atoms with van der Waals surface area (Å²) in [4.78, 5) is 0. The summed E-state index contributed by atoms with van der Waals surface area (Å²) < 4.78 is -1.65. The first-order valence-electron chi connectivity index (χ1n) is 3.32. The Balaban J connectivity index is 3.34. The van der Waals surface area contributed by atoms with Crippen molar-refractivity contribution < 1.29 is 15.3 Å². The lowest BCUT2D eigenvalue weighted by Gasteiger charge is -2.38. The van der Waals surface area contributed by atoms with Gasteiger partial charge < -0.3 is 15.3 Å². The molecule has 0 bridgehead atoms. The zero-order valence-corrected chi connectivity index (χ0v) is 13.0. The number of hydrogen-bond acceptors (Lipinski definition) is 3. The summed E-state index contributed by atoms with van der Waals surface area (Å²) in [7, 11) is 0. The van der Waals surface area contributed by atoms with Crippen LogP contribution in [0.2, 0.25) is 0 Å². The van der Waals surface area contributed by atoms with Crippen molar-refractivity contribution in [2.24, 2.45) is 0 Å². The molecule has 0 heterocycles. The molecule has 6 heteroatoms.